The molecule has 8 rings (SSSR count). The van der Waals surface area contributed by atoms with E-state index in [0.29, 0.717) is 87.5 Å². The van der Waals surface area contributed by atoms with Crippen LogP contribution in [0, 0.1) is 5.92 Å². The molecule has 20 nitrogen and oxygen atoms in total. The molecule has 0 bridgehead atoms. The summed E-state index contributed by atoms with van der Waals surface area (Å²) in [6, 6.07) is 11.9. The summed E-state index contributed by atoms with van der Waals surface area (Å²) >= 11 is 1.38. The van der Waals surface area contributed by atoms with Crippen molar-refractivity contribution < 1.29 is 47.8 Å². The Balaban J connectivity index is 0.622. The van der Waals surface area contributed by atoms with E-state index in [-0.39, 0.29) is 54.9 Å². The van der Waals surface area contributed by atoms with E-state index in [0.717, 1.165) is 87.4 Å². The number of likely N-dealkylation sites (tertiary alicyclic amines) is 1. The number of imide groups is 2. The molecule has 7 amide bonds. The van der Waals surface area contributed by atoms with Crippen LogP contribution in [0.2, 0.25) is 0 Å². The van der Waals surface area contributed by atoms with Crippen LogP contribution < -0.4 is 15.5 Å². The molecule has 3 aromatic rings. The number of fused-ring (bicyclic) bond motifs is 1. The van der Waals surface area contributed by atoms with Gasteiger partial charge in [0.15, 0.2) is 11.5 Å². The van der Waals surface area contributed by atoms with Crippen molar-refractivity contribution in [3.05, 3.63) is 83.3 Å². The van der Waals surface area contributed by atoms with E-state index in [1.807, 2.05) is 28.0 Å². The third-order valence-corrected chi connectivity index (χ3v) is 15.1. The van der Waals surface area contributed by atoms with Gasteiger partial charge in [-0.1, -0.05) is 25.0 Å². The fourth-order valence-electron chi connectivity index (χ4n) is 9.97. The quantitative estimate of drug-likeness (QED) is 0.0603. The Morgan fingerprint density at radius 3 is 2.26 bits per heavy atom. The average Bonchev–Trinajstić information content (AvgIpc) is 3.68. The van der Waals surface area contributed by atoms with Gasteiger partial charge in [-0.05, 0) is 86.4 Å². The zero-order valence-electron chi connectivity index (χ0n) is 41.3. The summed E-state index contributed by atoms with van der Waals surface area (Å²) in [5.41, 5.74) is 1.78. The number of ether oxygens (including phenoxy) is 3. The molecule has 0 aliphatic carbocycles. The van der Waals surface area contributed by atoms with E-state index in [9.17, 15) is 33.6 Å². The number of unbranched alkanes of at least 4 members (excludes halogenated alkanes) is 1. The molecule has 7 heterocycles. The first kappa shape index (κ1) is 53.2. The summed E-state index contributed by atoms with van der Waals surface area (Å²) in [6.07, 6.45) is 13.8. The van der Waals surface area contributed by atoms with Gasteiger partial charge in [0.05, 0.1) is 44.2 Å². The van der Waals surface area contributed by atoms with Crippen LogP contribution in [0.4, 0.5) is 5.82 Å². The van der Waals surface area contributed by atoms with Crippen molar-refractivity contribution in [3.63, 3.8) is 0 Å². The van der Waals surface area contributed by atoms with Crippen LogP contribution in [0.5, 0.6) is 0 Å². The molecule has 0 spiro atoms. The summed E-state index contributed by atoms with van der Waals surface area (Å²) in [6.45, 7) is 8.36. The second-order valence-corrected chi connectivity index (χ2v) is 19.9. The summed E-state index contributed by atoms with van der Waals surface area (Å²) in [7, 11) is 0. The Labute approximate surface area is 429 Å². The molecule has 5 aliphatic heterocycles. The number of pyridine rings is 1. The van der Waals surface area contributed by atoms with Gasteiger partial charge in [0.2, 0.25) is 23.6 Å². The van der Waals surface area contributed by atoms with E-state index in [2.05, 4.69) is 35.6 Å². The lowest BCUT2D eigenvalue weighted by Crippen LogP contribution is -2.55. The number of amides is 7. The SMILES string of the molecule is O=C(/C=C/c1cccnc1)NCCCCC1CCN(C(=O)c2ccc(N3CCC(N4CCN(C(=O)COCCOCCOCCSc5cccc6c5C(=O)N(C5CCC(=O)NC5=O)C6=O)CC4)CC3)nn2)CC1. The summed E-state index contributed by atoms with van der Waals surface area (Å²) < 4.78 is 16.9. The number of hydrogen-bond donors (Lipinski definition) is 2. The van der Waals surface area contributed by atoms with E-state index in [4.69, 9.17) is 14.2 Å². The van der Waals surface area contributed by atoms with Gasteiger partial charge in [0.25, 0.3) is 17.7 Å². The number of anilines is 1. The van der Waals surface area contributed by atoms with Crippen molar-refractivity contribution in [1.29, 1.82) is 0 Å². The van der Waals surface area contributed by atoms with Crippen LogP contribution in [0.1, 0.15) is 94.6 Å². The molecule has 1 aromatic carbocycles. The van der Waals surface area contributed by atoms with Crippen LogP contribution in [0.25, 0.3) is 6.08 Å². The number of aromatic nitrogens is 3. The van der Waals surface area contributed by atoms with Crippen molar-refractivity contribution in [2.45, 2.75) is 74.8 Å². The maximum atomic E-state index is 13.3. The Bertz CT molecular complexity index is 2420. The first-order valence-corrected chi connectivity index (χ1v) is 26.6. The molecule has 4 fully saturated rings. The largest absolute Gasteiger partial charge is 0.378 e. The van der Waals surface area contributed by atoms with Gasteiger partial charge in [0, 0.05) is 100 Å². The van der Waals surface area contributed by atoms with Gasteiger partial charge in [-0.25, -0.2) is 0 Å². The highest BCUT2D eigenvalue weighted by atomic mass is 32.2. The topological polar surface area (TPSA) is 226 Å². The van der Waals surface area contributed by atoms with Gasteiger partial charge in [-0.15, -0.1) is 22.0 Å². The van der Waals surface area contributed by atoms with E-state index < -0.39 is 29.7 Å². The summed E-state index contributed by atoms with van der Waals surface area (Å²) in [5, 5.41) is 14.0. The van der Waals surface area contributed by atoms with Crippen LogP contribution in [0.3, 0.4) is 0 Å². The zero-order valence-corrected chi connectivity index (χ0v) is 42.1. The molecule has 0 saturated carbocycles. The first-order valence-electron chi connectivity index (χ1n) is 25.6. The number of piperazine rings is 1. The number of nitrogens with one attached hydrogen (secondary N) is 2. The molecule has 1 unspecified atom stereocenters. The molecule has 73 heavy (non-hydrogen) atoms. The maximum absolute atomic E-state index is 13.3. The molecular formula is C52H66N10O10S. The molecule has 5 aliphatic rings. The van der Waals surface area contributed by atoms with Crippen molar-refractivity contribution in [2.24, 2.45) is 5.92 Å². The Kier molecular flexibility index (Phi) is 19.5. The zero-order chi connectivity index (χ0) is 50.9. The number of piperidine rings is 3. The van der Waals surface area contributed by atoms with Crippen LogP contribution in [-0.2, 0) is 33.4 Å². The van der Waals surface area contributed by atoms with Gasteiger partial charge in [-0.2, -0.15) is 0 Å². The Hall–Kier alpha value is -6.13. The molecule has 0 radical (unpaired) electrons. The third-order valence-electron chi connectivity index (χ3n) is 14.1. The van der Waals surface area contributed by atoms with Crippen LogP contribution in [0.15, 0.2) is 65.8 Å². The summed E-state index contributed by atoms with van der Waals surface area (Å²) in [5.74, 6) is -0.452. The Morgan fingerprint density at radius 1 is 0.767 bits per heavy atom. The molecule has 2 N–H and O–H groups in total. The first-order chi connectivity index (χ1) is 35.6. The average molecular weight is 1020 g/mol. The van der Waals surface area contributed by atoms with Gasteiger partial charge < -0.3 is 34.2 Å². The highest BCUT2D eigenvalue weighted by Crippen LogP contribution is 2.34. The maximum Gasteiger partial charge on any atom is 0.274 e. The monoisotopic (exact) mass is 1020 g/mol. The fourth-order valence-corrected chi connectivity index (χ4v) is 10.9. The van der Waals surface area contributed by atoms with Crippen molar-refractivity contribution in [3.8, 4) is 0 Å². The van der Waals surface area contributed by atoms with Gasteiger partial charge >= 0.3 is 0 Å². The second-order valence-electron chi connectivity index (χ2n) is 18.8. The molecule has 1 atom stereocenters. The number of rotatable bonds is 23. The third kappa shape index (κ3) is 14.6. The summed E-state index contributed by atoms with van der Waals surface area (Å²) in [4.78, 5) is 103. The number of carbonyl (C=O) groups excluding carboxylic acids is 7. The molecular weight excluding hydrogens is 957 g/mol. The number of benzene rings is 1. The van der Waals surface area contributed by atoms with Gasteiger partial charge in [0.1, 0.15) is 12.6 Å². The predicted molar refractivity (Wildman–Crippen MR) is 270 cm³/mol. The number of hydrogen-bond acceptors (Lipinski definition) is 16. The molecule has 390 valence electrons. The molecule has 21 heteroatoms. The molecule has 4 saturated heterocycles. The fraction of sp³-hybridized carbons (Fsp3) is 0.538. The highest BCUT2D eigenvalue weighted by molar-refractivity contribution is 7.99. The van der Waals surface area contributed by atoms with Crippen LogP contribution in [-0.4, -0.2) is 193 Å². The standard InChI is InChI=1S/C52H66N10O10S/c63-45(13-9-38-6-4-19-53-35-38)54-20-2-1-5-37-15-21-61(22-16-37)51(68)41-10-12-44(57-56-41)59-23-17-39(18-24-59)58-25-27-60(28-26-58)47(65)36-72-32-31-70-29-30-71-33-34-73-43-8-3-7-40-48(43)52(69)62(50(40)67)42-11-14-46(64)55-49(42)66/h3-4,6-10,12-13,19,35,37,39,42H,1-2,5,11,14-18,20-34,36H2,(H,54,63)(H,55,64,66)/b13-9+. The van der Waals surface area contributed by atoms with Crippen LogP contribution >= 0.6 is 11.8 Å². The minimum Gasteiger partial charge on any atom is -0.378 e. The Morgan fingerprint density at radius 2 is 1.53 bits per heavy atom. The molecule has 2 aromatic heterocycles. The number of nitrogens with zero attached hydrogens (tertiary/aromatic N) is 8. The normalized spacial score (nSPS) is 19.2. The van der Waals surface area contributed by atoms with Crippen molar-refractivity contribution >= 4 is 65.0 Å². The number of carbonyl (C=O) groups is 7. The lowest BCUT2D eigenvalue weighted by atomic mass is 9.91. The predicted octanol–water partition coefficient (Wildman–Crippen LogP) is 3.08. The minimum absolute atomic E-state index is 0.000131. The second kappa shape index (κ2) is 26.7. The minimum atomic E-state index is -1.01. The van der Waals surface area contributed by atoms with Crippen molar-refractivity contribution in [1.82, 2.24) is 45.4 Å². The lowest BCUT2D eigenvalue weighted by molar-refractivity contribution is -0.139. The van der Waals surface area contributed by atoms with Gasteiger partial charge in [-0.3, -0.25) is 53.7 Å². The van der Waals surface area contributed by atoms with E-state index in [1.54, 1.807) is 42.7 Å². The smallest absolute Gasteiger partial charge is 0.274 e. The van der Waals surface area contributed by atoms with E-state index in [1.165, 1.54) is 17.8 Å². The van der Waals surface area contributed by atoms with E-state index >= 15 is 0 Å². The highest BCUT2D eigenvalue weighted by Gasteiger charge is 2.45. The van der Waals surface area contributed by atoms with Crippen molar-refractivity contribution in [2.75, 3.05) is 109 Å². The lowest BCUT2D eigenvalue weighted by Gasteiger charge is -2.43. The number of thioether (sulfide) groups is 1.